The Morgan fingerprint density at radius 3 is 2.82 bits per heavy atom. The van der Waals surface area contributed by atoms with Crippen LogP contribution in [0, 0.1) is 12.8 Å². The number of morpholine rings is 1. The van der Waals surface area contributed by atoms with Gasteiger partial charge >= 0.3 is 0 Å². The van der Waals surface area contributed by atoms with Crippen LogP contribution in [0.15, 0.2) is 24.3 Å². The van der Waals surface area contributed by atoms with Gasteiger partial charge in [-0.15, -0.1) is 0 Å². The predicted molar refractivity (Wildman–Crippen MR) is 88.7 cm³/mol. The zero-order chi connectivity index (χ0) is 15.9. The summed E-state index contributed by atoms with van der Waals surface area (Å²) in [5.41, 5.74) is 2.44. The van der Waals surface area contributed by atoms with Crippen LogP contribution in [0.3, 0.4) is 0 Å². The van der Waals surface area contributed by atoms with Gasteiger partial charge in [0.2, 0.25) is 5.91 Å². The zero-order valence-electron chi connectivity index (χ0n) is 13.9. The molecule has 1 aromatic carbocycles. The first-order chi connectivity index (χ1) is 10.6. The van der Waals surface area contributed by atoms with Crippen LogP contribution in [-0.2, 0) is 9.53 Å². The Morgan fingerprint density at radius 1 is 1.41 bits per heavy atom. The van der Waals surface area contributed by atoms with Crippen LogP contribution in [0.1, 0.15) is 43.9 Å². The van der Waals surface area contributed by atoms with E-state index >= 15 is 0 Å². The maximum Gasteiger partial charge on any atom is 0.223 e. The number of aryl methyl sites for hydroxylation is 1. The lowest BCUT2D eigenvalue weighted by Gasteiger charge is -2.26. The highest BCUT2D eigenvalue weighted by Gasteiger charge is 2.21. The Morgan fingerprint density at radius 2 is 2.18 bits per heavy atom. The van der Waals surface area contributed by atoms with E-state index < -0.39 is 0 Å². The second kappa shape index (κ2) is 8.30. The molecule has 1 saturated heterocycles. The van der Waals surface area contributed by atoms with Crippen molar-refractivity contribution >= 4 is 5.91 Å². The molecule has 1 fully saturated rings. The van der Waals surface area contributed by atoms with Crippen LogP contribution in [-0.4, -0.2) is 31.7 Å². The summed E-state index contributed by atoms with van der Waals surface area (Å²) in [6.07, 6.45) is 1.36. The standard InChI is InChI=1S/C18H28N2O2/c1-13(2)10-17(16-7-5-4-6-14(16)3)20-18(21)11-15-12-19-8-9-22-15/h4-7,13,15,17,19H,8-12H2,1-3H3,(H,20,21)/t15-,17+/m0/s1. The molecule has 0 aliphatic carbocycles. The Bertz CT molecular complexity index is 482. The van der Waals surface area contributed by atoms with Gasteiger partial charge in [-0.2, -0.15) is 0 Å². The molecule has 2 N–H and O–H groups in total. The van der Waals surface area contributed by atoms with Crippen LogP contribution in [0.25, 0.3) is 0 Å². The molecule has 22 heavy (non-hydrogen) atoms. The van der Waals surface area contributed by atoms with Gasteiger partial charge in [0.05, 0.1) is 25.2 Å². The number of benzene rings is 1. The van der Waals surface area contributed by atoms with Crippen molar-refractivity contribution in [1.82, 2.24) is 10.6 Å². The van der Waals surface area contributed by atoms with Crippen molar-refractivity contribution in [2.45, 2.75) is 45.8 Å². The Balaban J connectivity index is 2.00. The second-order valence-electron chi connectivity index (χ2n) is 6.51. The number of carbonyl (C=O) groups is 1. The van der Waals surface area contributed by atoms with Gasteiger partial charge in [0.25, 0.3) is 0 Å². The first-order valence-corrected chi connectivity index (χ1v) is 8.23. The van der Waals surface area contributed by atoms with Crippen molar-refractivity contribution < 1.29 is 9.53 Å². The molecule has 0 bridgehead atoms. The summed E-state index contributed by atoms with van der Waals surface area (Å²) in [5.74, 6) is 0.597. The summed E-state index contributed by atoms with van der Waals surface area (Å²) in [6.45, 7) is 8.79. The summed E-state index contributed by atoms with van der Waals surface area (Å²) < 4.78 is 5.62. The van der Waals surface area contributed by atoms with Gasteiger partial charge < -0.3 is 15.4 Å². The molecule has 1 heterocycles. The van der Waals surface area contributed by atoms with E-state index in [0.717, 1.165) is 19.5 Å². The van der Waals surface area contributed by atoms with Crippen LogP contribution in [0.5, 0.6) is 0 Å². The van der Waals surface area contributed by atoms with E-state index in [1.54, 1.807) is 0 Å². The van der Waals surface area contributed by atoms with Crippen molar-refractivity contribution in [3.63, 3.8) is 0 Å². The molecule has 4 nitrogen and oxygen atoms in total. The van der Waals surface area contributed by atoms with E-state index in [4.69, 9.17) is 4.74 Å². The van der Waals surface area contributed by atoms with Crippen LogP contribution >= 0.6 is 0 Å². The molecule has 1 aromatic rings. The van der Waals surface area contributed by atoms with Gasteiger partial charge in [0.1, 0.15) is 0 Å². The Hall–Kier alpha value is -1.39. The first kappa shape index (κ1) is 17.0. The fourth-order valence-corrected chi connectivity index (χ4v) is 2.92. The largest absolute Gasteiger partial charge is 0.375 e. The van der Waals surface area contributed by atoms with E-state index in [1.807, 2.05) is 12.1 Å². The Labute approximate surface area is 133 Å². The summed E-state index contributed by atoms with van der Waals surface area (Å²) in [6, 6.07) is 8.36. The number of carbonyl (C=O) groups excluding carboxylic acids is 1. The fourth-order valence-electron chi connectivity index (χ4n) is 2.92. The van der Waals surface area contributed by atoms with E-state index in [-0.39, 0.29) is 18.1 Å². The average Bonchev–Trinajstić information content (AvgIpc) is 2.47. The van der Waals surface area contributed by atoms with E-state index in [0.29, 0.717) is 18.9 Å². The van der Waals surface area contributed by atoms with Crippen molar-refractivity contribution in [2.24, 2.45) is 5.92 Å². The molecular weight excluding hydrogens is 276 g/mol. The van der Waals surface area contributed by atoms with E-state index in [1.165, 1.54) is 11.1 Å². The third-order valence-electron chi connectivity index (χ3n) is 4.02. The molecule has 2 rings (SSSR count). The lowest BCUT2D eigenvalue weighted by molar-refractivity contribution is -0.125. The normalized spacial score (nSPS) is 19.9. The van der Waals surface area contributed by atoms with E-state index in [2.05, 4.69) is 43.5 Å². The third kappa shape index (κ3) is 5.11. The molecule has 2 atom stereocenters. The maximum absolute atomic E-state index is 12.4. The van der Waals surface area contributed by atoms with Gasteiger partial charge in [0.15, 0.2) is 0 Å². The highest BCUT2D eigenvalue weighted by Crippen LogP contribution is 2.24. The van der Waals surface area contributed by atoms with Crippen molar-refractivity contribution in [3.8, 4) is 0 Å². The monoisotopic (exact) mass is 304 g/mol. The number of ether oxygens (including phenoxy) is 1. The quantitative estimate of drug-likeness (QED) is 0.849. The lowest BCUT2D eigenvalue weighted by Crippen LogP contribution is -2.42. The topological polar surface area (TPSA) is 50.4 Å². The summed E-state index contributed by atoms with van der Waals surface area (Å²) >= 11 is 0. The molecule has 0 spiro atoms. The van der Waals surface area contributed by atoms with Crippen LogP contribution in [0.2, 0.25) is 0 Å². The number of amides is 1. The summed E-state index contributed by atoms with van der Waals surface area (Å²) in [5, 5.41) is 6.47. The molecule has 4 heteroatoms. The number of rotatable bonds is 6. The SMILES string of the molecule is Cc1ccccc1[C@@H](CC(C)C)NC(=O)C[C@H]1CNCCO1. The van der Waals surface area contributed by atoms with Crippen molar-refractivity contribution in [2.75, 3.05) is 19.7 Å². The lowest BCUT2D eigenvalue weighted by atomic mass is 9.93. The number of hydrogen-bond donors (Lipinski definition) is 2. The van der Waals surface area contributed by atoms with Gasteiger partial charge in [-0.3, -0.25) is 4.79 Å². The molecule has 0 aromatic heterocycles. The highest BCUT2D eigenvalue weighted by atomic mass is 16.5. The van der Waals surface area contributed by atoms with Gasteiger partial charge in [-0.1, -0.05) is 38.1 Å². The third-order valence-corrected chi connectivity index (χ3v) is 4.02. The molecule has 1 aliphatic heterocycles. The molecular formula is C18H28N2O2. The van der Waals surface area contributed by atoms with E-state index in [9.17, 15) is 4.79 Å². The highest BCUT2D eigenvalue weighted by molar-refractivity contribution is 5.77. The minimum Gasteiger partial charge on any atom is -0.375 e. The molecule has 0 saturated carbocycles. The summed E-state index contributed by atoms with van der Waals surface area (Å²) in [7, 11) is 0. The fraction of sp³-hybridized carbons (Fsp3) is 0.611. The smallest absolute Gasteiger partial charge is 0.223 e. The van der Waals surface area contributed by atoms with Crippen molar-refractivity contribution in [1.29, 1.82) is 0 Å². The van der Waals surface area contributed by atoms with Crippen LogP contribution in [0.4, 0.5) is 0 Å². The molecule has 0 unspecified atom stereocenters. The van der Waals surface area contributed by atoms with Crippen LogP contribution < -0.4 is 10.6 Å². The molecule has 1 aliphatic rings. The first-order valence-electron chi connectivity index (χ1n) is 8.23. The molecule has 1 amide bonds. The minimum atomic E-state index is -0.00896. The molecule has 122 valence electrons. The van der Waals surface area contributed by atoms with Gasteiger partial charge in [-0.25, -0.2) is 0 Å². The molecule has 0 radical (unpaired) electrons. The van der Waals surface area contributed by atoms with Gasteiger partial charge in [-0.05, 0) is 30.4 Å². The predicted octanol–water partition coefficient (Wildman–Crippen LogP) is 2.58. The number of hydrogen-bond acceptors (Lipinski definition) is 3. The summed E-state index contributed by atoms with van der Waals surface area (Å²) in [4.78, 5) is 12.4. The van der Waals surface area contributed by atoms with Gasteiger partial charge in [0, 0.05) is 13.1 Å². The second-order valence-corrected chi connectivity index (χ2v) is 6.51. The zero-order valence-corrected chi connectivity index (χ0v) is 13.9. The van der Waals surface area contributed by atoms with Crippen molar-refractivity contribution in [3.05, 3.63) is 35.4 Å². The maximum atomic E-state index is 12.4. The Kier molecular flexibility index (Phi) is 6.40. The minimum absolute atomic E-state index is 0.00896. The average molecular weight is 304 g/mol. The number of nitrogens with one attached hydrogen (secondary N) is 2.